The summed E-state index contributed by atoms with van der Waals surface area (Å²) < 4.78 is 37.7. The van der Waals surface area contributed by atoms with Crippen LogP contribution in [-0.4, -0.2) is 32.8 Å². The largest absolute Gasteiger partial charge is 0.497 e. The van der Waals surface area contributed by atoms with Gasteiger partial charge in [-0.05, 0) is 26.0 Å². The van der Waals surface area contributed by atoms with Crippen molar-refractivity contribution >= 4 is 15.7 Å². The van der Waals surface area contributed by atoms with Gasteiger partial charge >= 0.3 is 0 Å². The average Bonchev–Trinajstić information content (AvgIpc) is 2.78. The van der Waals surface area contributed by atoms with E-state index in [2.05, 4.69) is 14.9 Å². The highest BCUT2D eigenvalue weighted by Gasteiger charge is 2.22. The number of methoxy groups -OCH3 is 2. The highest BCUT2D eigenvalue weighted by atomic mass is 32.2. The number of aryl methyl sites for hydroxylation is 2. The molecule has 1 aromatic heterocycles. The monoisotopic (exact) mass is 311 g/mol. The van der Waals surface area contributed by atoms with Gasteiger partial charge in [0.15, 0.2) is 0 Å². The van der Waals surface area contributed by atoms with E-state index in [9.17, 15) is 8.42 Å². The summed E-state index contributed by atoms with van der Waals surface area (Å²) in [5, 5.41) is 6.69. The van der Waals surface area contributed by atoms with Crippen LogP contribution >= 0.6 is 0 Å². The minimum absolute atomic E-state index is 0.0331. The van der Waals surface area contributed by atoms with Gasteiger partial charge in [-0.2, -0.15) is 5.10 Å². The number of anilines is 1. The van der Waals surface area contributed by atoms with E-state index >= 15 is 0 Å². The van der Waals surface area contributed by atoms with Crippen molar-refractivity contribution in [1.29, 1.82) is 0 Å². The van der Waals surface area contributed by atoms with Crippen LogP contribution in [0.4, 0.5) is 5.69 Å². The van der Waals surface area contributed by atoms with Gasteiger partial charge < -0.3 is 9.47 Å². The molecule has 0 aliphatic carbocycles. The van der Waals surface area contributed by atoms with Gasteiger partial charge in [0.25, 0.3) is 10.0 Å². The van der Waals surface area contributed by atoms with Crippen LogP contribution in [0.15, 0.2) is 23.1 Å². The van der Waals surface area contributed by atoms with Gasteiger partial charge in [-0.15, -0.1) is 0 Å². The molecule has 2 N–H and O–H groups in total. The fraction of sp³-hybridized carbons (Fsp3) is 0.308. The van der Waals surface area contributed by atoms with E-state index in [0.717, 1.165) is 0 Å². The smallest absolute Gasteiger partial charge is 0.265 e. The maximum atomic E-state index is 12.5. The molecular formula is C13H17N3O4S. The van der Waals surface area contributed by atoms with Gasteiger partial charge in [-0.1, -0.05) is 0 Å². The summed E-state index contributed by atoms with van der Waals surface area (Å²) in [7, 11) is -0.882. The minimum Gasteiger partial charge on any atom is -0.497 e. The minimum atomic E-state index is -3.79. The molecule has 1 aromatic carbocycles. The first-order valence-electron chi connectivity index (χ1n) is 6.15. The zero-order valence-corrected chi connectivity index (χ0v) is 13.0. The number of nitrogens with one attached hydrogen (secondary N) is 2. The SMILES string of the molecule is COc1ccc(S(=O)(=O)Nc2c(C)n[nH]c2C)c(OC)c1. The molecule has 0 spiro atoms. The Balaban J connectivity index is 2.45. The molecule has 114 valence electrons. The zero-order valence-electron chi connectivity index (χ0n) is 12.2. The molecule has 0 fully saturated rings. The lowest BCUT2D eigenvalue weighted by Crippen LogP contribution is -2.15. The van der Waals surface area contributed by atoms with Crippen LogP contribution in [0.25, 0.3) is 0 Å². The van der Waals surface area contributed by atoms with E-state index in [-0.39, 0.29) is 10.6 Å². The Kier molecular flexibility index (Phi) is 4.08. The van der Waals surface area contributed by atoms with Crippen LogP contribution in [0, 0.1) is 13.8 Å². The van der Waals surface area contributed by atoms with Crippen molar-refractivity contribution < 1.29 is 17.9 Å². The van der Waals surface area contributed by atoms with E-state index in [1.54, 1.807) is 19.9 Å². The number of nitrogens with zero attached hydrogens (tertiary/aromatic N) is 1. The number of aromatic nitrogens is 2. The molecule has 7 nitrogen and oxygen atoms in total. The Morgan fingerprint density at radius 2 is 1.90 bits per heavy atom. The fourth-order valence-corrected chi connectivity index (χ4v) is 3.22. The highest BCUT2D eigenvalue weighted by molar-refractivity contribution is 7.92. The van der Waals surface area contributed by atoms with E-state index in [0.29, 0.717) is 22.8 Å². The summed E-state index contributed by atoms with van der Waals surface area (Å²) in [5.74, 6) is 0.724. The van der Waals surface area contributed by atoms with Crippen LogP contribution < -0.4 is 14.2 Å². The molecule has 0 aliphatic rings. The van der Waals surface area contributed by atoms with Gasteiger partial charge in [0.1, 0.15) is 16.4 Å². The Hall–Kier alpha value is -2.22. The predicted octanol–water partition coefficient (Wildman–Crippen LogP) is 1.84. The van der Waals surface area contributed by atoms with Crippen molar-refractivity contribution in [2.24, 2.45) is 0 Å². The molecule has 0 atom stereocenters. The Labute approximate surface area is 123 Å². The molecule has 2 rings (SSSR count). The summed E-state index contributed by atoms with van der Waals surface area (Å²) in [6.45, 7) is 3.45. The third-order valence-electron chi connectivity index (χ3n) is 3.02. The van der Waals surface area contributed by atoms with Gasteiger partial charge in [-0.3, -0.25) is 9.82 Å². The molecular weight excluding hydrogens is 294 g/mol. The van der Waals surface area contributed by atoms with Gasteiger partial charge in [0, 0.05) is 6.07 Å². The Morgan fingerprint density at radius 3 is 2.43 bits per heavy atom. The van der Waals surface area contributed by atoms with Crippen molar-refractivity contribution in [3.8, 4) is 11.5 Å². The van der Waals surface area contributed by atoms with Crippen molar-refractivity contribution in [1.82, 2.24) is 10.2 Å². The van der Waals surface area contributed by atoms with Crippen molar-refractivity contribution in [3.05, 3.63) is 29.6 Å². The number of rotatable bonds is 5. The summed E-state index contributed by atoms with van der Waals surface area (Å²) in [6.07, 6.45) is 0. The van der Waals surface area contributed by atoms with Gasteiger partial charge in [0.05, 0.1) is 31.3 Å². The fourth-order valence-electron chi connectivity index (χ4n) is 1.89. The topological polar surface area (TPSA) is 93.3 Å². The molecule has 1 heterocycles. The second kappa shape index (κ2) is 5.65. The number of hydrogen-bond donors (Lipinski definition) is 2. The zero-order chi connectivity index (χ0) is 15.6. The molecule has 0 saturated heterocycles. The van der Waals surface area contributed by atoms with Crippen molar-refractivity contribution in [2.45, 2.75) is 18.7 Å². The quantitative estimate of drug-likeness (QED) is 0.879. The third kappa shape index (κ3) is 2.94. The van der Waals surface area contributed by atoms with Crippen LogP contribution in [-0.2, 0) is 10.0 Å². The highest BCUT2D eigenvalue weighted by Crippen LogP contribution is 2.30. The van der Waals surface area contributed by atoms with Crippen LogP contribution in [0.5, 0.6) is 11.5 Å². The van der Waals surface area contributed by atoms with Crippen LogP contribution in [0.3, 0.4) is 0 Å². The lowest BCUT2D eigenvalue weighted by atomic mass is 10.3. The molecule has 8 heteroatoms. The van der Waals surface area contributed by atoms with Gasteiger partial charge in [-0.25, -0.2) is 8.42 Å². The van der Waals surface area contributed by atoms with E-state index in [4.69, 9.17) is 9.47 Å². The average molecular weight is 311 g/mol. The molecule has 0 radical (unpaired) electrons. The summed E-state index contributed by atoms with van der Waals surface area (Å²) >= 11 is 0. The second-order valence-electron chi connectivity index (χ2n) is 4.43. The molecule has 21 heavy (non-hydrogen) atoms. The number of aromatic amines is 1. The number of benzene rings is 1. The molecule has 0 aliphatic heterocycles. The number of ether oxygens (including phenoxy) is 2. The standard InChI is InChI=1S/C13H17N3O4S/c1-8-13(9(2)15-14-8)16-21(17,18)12-6-5-10(19-3)7-11(12)20-4/h5-7,16H,1-4H3,(H,14,15). The van der Waals surface area contributed by atoms with Crippen LogP contribution in [0.1, 0.15) is 11.4 Å². The van der Waals surface area contributed by atoms with Gasteiger partial charge in [0.2, 0.25) is 0 Å². The molecule has 0 unspecified atom stereocenters. The normalized spacial score (nSPS) is 11.2. The molecule has 0 bridgehead atoms. The predicted molar refractivity (Wildman–Crippen MR) is 78.4 cm³/mol. The third-order valence-corrected chi connectivity index (χ3v) is 4.41. The lowest BCUT2D eigenvalue weighted by Gasteiger charge is -2.12. The maximum absolute atomic E-state index is 12.5. The first kappa shape index (κ1) is 15.2. The molecule has 2 aromatic rings. The van der Waals surface area contributed by atoms with Crippen molar-refractivity contribution in [3.63, 3.8) is 0 Å². The summed E-state index contributed by atoms with van der Waals surface area (Å²) in [4.78, 5) is 0.0331. The number of sulfonamides is 1. The second-order valence-corrected chi connectivity index (χ2v) is 6.08. The van der Waals surface area contributed by atoms with E-state index in [1.807, 2.05) is 0 Å². The maximum Gasteiger partial charge on any atom is 0.265 e. The summed E-state index contributed by atoms with van der Waals surface area (Å²) in [5.41, 5.74) is 1.65. The molecule has 0 amide bonds. The van der Waals surface area contributed by atoms with E-state index in [1.165, 1.54) is 26.4 Å². The Morgan fingerprint density at radius 1 is 1.19 bits per heavy atom. The number of H-pyrrole nitrogens is 1. The Bertz CT molecular complexity index is 733. The number of hydrogen-bond acceptors (Lipinski definition) is 5. The van der Waals surface area contributed by atoms with E-state index < -0.39 is 10.0 Å². The van der Waals surface area contributed by atoms with Crippen LogP contribution in [0.2, 0.25) is 0 Å². The summed E-state index contributed by atoms with van der Waals surface area (Å²) in [6, 6.07) is 4.51. The lowest BCUT2D eigenvalue weighted by molar-refractivity contribution is 0.386. The first-order valence-corrected chi connectivity index (χ1v) is 7.63. The van der Waals surface area contributed by atoms with Crippen molar-refractivity contribution in [2.75, 3.05) is 18.9 Å². The molecule has 0 saturated carbocycles. The first-order chi connectivity index (χ1) is 9.89.